The fourth-order valence-electron chi connectivity index (χ4n) is 0.881. The molecule has 0 atom stereocenters. The van der Waals surface area contributed by atoms with Gasteiger partial charge in [-0.05, 0) is 25.7 Å². The Bertz CT molecular complexity index is 131. The molecule has 0 heteroatoms. The largest absolute Gasteiger partial charge is 0.0882 e. The Labute approximate surface area is 62.9 Å². The van der Waals surface area contributed by atoms with Crippen molar-refractivity contribution in [2.75, 3.05) is 0 Å². The van der Waals surface area contributed by atoms with Gasteiger partial charge in [0.05, 0.1) is 0 Å². The molecule has 0 bridgehead atoms. The summed E-state index contributed by atoms with van der Waals surface area (Å²) in [6.07, 6.45) is 18.5. The van der Waals surface area contributed by atoms with Crippen molar-refractivity contribution in [3.8, 4) is 0 Å². The van der Waals surface area contributed by atoms with Gasteiger partial charge < -0.3 is 0 Å². The van der Waals surface area contributed by atoms with Gasteiger partial charge in [0.1, 0.15) is 0 Å². The molecule has 10 heavy (non-hydrogen) atoms. The van der Waals surface area contributed by atoms with Gasteiger partial charge in [0.2, 0.25) is 0 Å². The van der Waals surface area contributed by atoms with Gasteiger partial charge in [0.25, 0.3) is 0 Å². The van der Waals surface area contributed by atoms with E-state index in [-0.39, 0.29) is 0 Å². The van der Waals surface area contributed by atoms with Gasteiger partial charge in [-0.25, -0.2) is 0 Å². The Morgan fingerprint density at radius 3 is 2.60 bits per heavy atom. The molecular formula is C10H13. The zero-order valence-electron chi connectivity index (χ0n) is 6.16. The van der Waals surface area contributed by atoms with Gasteiger partial charge in [0.15, 0.2) is 0 Å². The maximum Gasteiger partial charge on any atom is -0.0130 e. The van der Waals surface area contributed by atoms with E-state index in [1.54, 1.807) is 0 Å². The molecule has 0 aromatic carbocycles. The number of hydrogen-bond acceptors (Lipinski definition) is 0. The van der Waals surface area contributed by atoms with E-state index >= 15 is 0 Å². The van der Waals surface area contributed by atoms with E-state index in [1.807, 2.05) is 0 Å². The second-order valence-electron chi connectivity index (χ2n) is 2.33. The number of rotatable bonds is 0. The summed E-state index contributed by atoms with van der Waals surface area (Å²) in [5.74, 6) is 0. The minimum atomic E-state index is 1.07. The molecule has 0 spiro atoms. The molecular weight excluding hydrogens is 120 g/mol. The first-order chi connectivity index (χ1) is 5.00. The van der Waals surface area contributed by atoms with Crippen LogP contribution in [0.3, 0.4) is 0 Å². The molecule has 0 unspecified atom stereocenters. The molecule has 0 saturated carbocycles. The smallest absolute Gasteiger partial charge is 0.0130 e. The highest BCUT2D eigenvalue weighted by atomic mass is 13.9. The minimum Gasteiger partial charge on any atom is -0.0882 e. The van der Waals surface area contributed by atoms with Crippen LogP contribution >= 0.6 is 0 Å². The van der Waals surface area contributed by atoms with Crippen LogP contribution in [-0.4, -0.2) is 0 Å². The van der Waals surface area contributed by atoms with Crippen LogP contribution in [0.4, 0.5) is 0 Å². The molecule has 0 aliphatic heterocycles. The van der Waals surface area contributed by atoms with E-state index in [0.29, 0.717) is 0 Å². The van der Waals surface area contributed by atoms with E-state index in [1.165, 1.54) is 12.8 Å². The van der Waals surface area contributed by atoms with Crippen LogP contribution in [0.5, 0.6) is 0 Å². The Hall–Kier alpha value is -0.780. The van der Waals surface area contributed by atoms with Crippen molar-refractivity contribution >= 4 is 0 Å². The van der Waals surface area contributed by atoms with Gasteiger partial charge in [-0.2, -0.15) is 0 Å². The van der Waals surface area contributed by atoms with Crippen molar-refractivity contribution in [3.05, 3.63) is 42.9 Å². The third kappa shape index (κ3) is 3.29. The lowest BCUT2D eigenvalue weighted by molar-refractivity contribution is 1.04. The second-order valence-corrected chi connectivity index (χ2v) is 2.33. The molecule has 0 saturated heterocycles. The zero-order valence-corrected chi connectivity index (χ0v) is 6.16. The van der Waals surface area contributed by atoms with Crippen LogP contribution in [0.1, 0.15) is 19.3 Å². The van der Waals surface area contributed by atoms with Crippen LogP contribution < -0.4 is 0 Å². The molecule has 53 valence electrons. The summed E-state index contributed by atoms with van der Waals surface area (Å²) in [5.41, 5.74) is 0. The monoisotopic (exact) mass is 133 g/mol. The highest BCUT2D eigenvalue weighted by Gasteiger charge is 1.80. The van der Waals surface area contributed by atoms with Crippen molar-refractivity contribution in [1.29, 1.82) is 0 Å². The fourth-order valence-corrected chi connectivity index (χ4v) is 0.881. The first-order valence-corrected chi connectivity index (χ1v) is 3.80. The normalized spacial score (nSPS) is 28.8. The Balaban J connectivity index is 2.38. The van der Waals surface area contributed by atoms with E-state index in [9.17, 15) is 0 Å². The van der Waals surface area contributed by atoms with E-state index < -0.39 is 0 Å². The summed E-state index contributed by atoms with van der Waals surface area (Å²) in [6, 6.07) is 0. The summed E-state index contributed by atoms with van der Waals surface area (Å²) >= 11 is 0. The molecule has 0 nitrogen and oxygen atoms in total. The molecule has 0 heterocycles. The molecule has 0 amide bonds. The minimum absolute atomic E-state index is 1.07. The third-order valence-electron chi connectivity index (χ3n) is 1.43. The Morgan fingerprint density at radius 1 is 0.700 bits per heavy atom. The lowest BCUT2D eigenvalue weighted by Crippen LogP contribution is -1.70. The Kier molecular flexibility index (Phi) is 3.69. The van der Waals surface area contributed by atoms with Crippen molar-refractivity contribution < 1.29 is 0 Å². The van der Waals surface area contributed by atoms with Crippen LogP contribution in [-0.2, 0) is 0 Å². The lowest BCUT2D eigenvalue weighted by atomic mass is 10.2. The second kappa shape index (κ2) is 5.04. The maximum absolute atomic E-state index is 2.24. The summed E-state index contributed by atoms with van der Waals surface area (Å²) in [5, 5.41) is 0. The third-order valence-corrected chi connectivity index (χ3v) is 1.43. The summed E-state index contributed by atoms with van der Waals surface area (Å²) in [7, 11) is 0. The topological polar surface area (TPSA) is 0 Å². The highest BCUT2D eigenvalue weighted by molar-refractivity contribution is 5.10. The first kappa shape index (κ1) is 7.33. The van der Waals surface area contributed by atoms with Crippen LogP contribution in [0, 0.1) is 6.42 Å². The number of hydrogen-bond donors (Lipinski definition) is 0. The van der Waals surface area contributed by atoms with Crippen molar-refractivity contribution in [2.45, 2.75) is 19.3 Å². The molecule has 0 N–H and O–H groups in total. The van der Waals surface area contributed by atoms with Crippen LogP contribution in [0.15, 0.2) is 36.5 Å². The average molecular weight is 133 g/mol. The van der Waals surface area contributed by atoms with Crippen molar-refractivity contribution in [2.24, 2.45) is 0 Å². The average Bonchev–Trinajstić information content (AvgIpc) is 2.01. The van der Waals surface area contributed by atoms with Crippen LogP contribution in [0.25, 0.3) is 0 Å². The van der Waals surface area contributed by atoms with E-state index in [2.05, 4.69) is 42.9 Å². The Morgan fingerprint density at radius 2 is 1.60 bits per heavy atom. The molecule has 1 aliphatic rings. The van der Waals surface area contributed by atoms with Crippen molar-refractivity contribution in [3.63, 3.8) is 0 Å². The zero-order chi connectivity index (χ0) is 7.07. The van der Waals surface area contributed by atoms with Gasteiger partial charge in [-0.3, -0.25) is 0 Å². The van der Waals surface area contributed by atoms with Crippen molar-refractivity contribution in [1.82, 2.24) is 0 Å². The SMILES string of the molecule is [CH]1/C=C/C=C\CC/C=C/C1. The van der Waals surface area contributed by atoms with Gasteiger partial charge in [0, 0.05) is 0 Å². The van der Waals surface area contributed by atoms with Gasteiger partial charge in [-0.15, -0.1) is 0 Å². The molecule has 0 aromatic rings. The molecule has 1 rings (SSSR count). The fraction of sp³-hybridized carbons (Fsp3) is 0.300. The van der Waals surface area contributed by atoms with E-state index in [4.69, 9.17) is 0 Å². The quantitative estimate of drug-likeness (QED) is 0.445. The predicted molar refractivity (Wildman–Crippen MR) is 45.6 cm³/mol. The predicted octanol–water partition coefficient (Wildman–Crippen LogP) is 3.04. The molecule has 0 aromatic heterocycles. The highest BCUT2D eigenvalue weighted by Crippen LogP contribution is 1.99. The molecule has 1 aliphatic carbocycles. The maximum atomic E-state index is 2.24. The summed E-state index contributed by atoms with van der Waals surface area (Å²) in [6.45, 7) is 0. The summed E-state index contributed by atoms with van der Waals surface area (Å²) in [4.78, 5) is 0. The van der Waals surface area contributed by atoms with E-state index in [0.717, 1.165) is 6.42 Å². The lowest BCUT2D eigenvalue weighted by Gasteiger charge is -1.89. The standard InChI is InChI=1S/C10H13/c1-2-4-6-8-10-9-7-5-3-1/h1-5,8,10H,6-7,9H2/b2-1+,5-3-,10-8+. The molecule has 1 radical (unpaired) electrons. The first-order valence-electron chi connectivity index (χ1n) is 3.80. The molecule has 0 fully saturated rings. The van der Waals surface area contributed by atoms with Gasteiger partial charge >= 0.3 is 0 Å². The van der Waals surface area contributed by atoms with Crippen LogP contribution in [0.2, 0.25) is 0 Å². The number of allylic oxidation sites excluding steroid dienone is 6. The summed E-state index contributed by atoms with van der Waals surface area (Å²) < 4.78 is 0. The van der Waals surface area contributed by atoms with Gasteiger partial charge in [-0.1, -0.05) is 36.5 Å².